The number of hydrogen-bond acceptors (Lipinski definition) is 6. The highest BCUT2D eigenvalue weighted by Crippen LogP contribution is 2.26. The van der Waals surface area contributed by atoms with E-state index in [4.69, 9.17) is 4.74 Å². The van der Waals surface area contributed by atoms with Crippen molar-refractivity contribution >= 4 is 11.8 Å². The molecule has 1 atom stereocenters. The number of aliphatic hydroxyl groups is 1. The minimum Gasteiger partial charge on any atom is -0.491 e. The smallest absolute Gasteiger partial charge is 0.257 e. The average molecular weight is 479 g/mol. The van der Waals surface area contributed by atoms with Crippen molar-refractivity contribution in [3.8, 4) is 5.75 Å². The fourth-order valence-corrected chi connectivity index (χ4v) is 5.18. The summed E-state index contributed by atoms with van der Waals surface area (Å²) in [6.07, 6.45) is 0.325. The van der Waals surface area contributed by atoms with Crippen LogP contribution in [0.4, 0.5) is 0 Å². The van der Waals surface area contributed by atoms with Gasteiger partial charge in [-0.05, 0) is 42.8 Å². The van der Waals surface area contributed by atoms with Crippen LogP contribution >= 0.6 is 0 Å². The van der Waals surface area contributed by atoms with Gasteiger partial charge in [0.15, 0.2) is 0 Å². The van der Waals surface area contributed by atoms with E-state index >= 15 is 0 Å². The number of fused-ring (bicyclic) bond motifs is 2. The van der Waals surface area contributed by atoms with Crippen molar-refractivity contribution in [2.24, 2.45) is 0 Å². The van der Waals surface area contributed by atoms with Crippen LogP contribution in [-0.2, 0) is 13.0 Å². The van der Waals surface area contributed by atoms with Gasteiger partial charge >= 0.3 is 0 Å². The van der Waals surface area contributed by atoms with E-state index in [0.717, 1.165) is 32.6 Å². The molecule has 0 saturated carbocycles. The van der Waals surface area contributed by atoms with Crippen molar-refractivity contribution in [1.82, 2.24) is 19.6 Å². The van der Waals surface area contributed by atoms with Crippen molar-refractivity contribution in [3.05, 3.63) is 64.7 Å². The van der Waals surface area contributed by atoms with E-state index in [1.54, 1.807) is 23.1 Å². The van der Waals surface area contributed by atoms with Gasteiger partial charge < -0.3 is 24.5 Å². The number of piperazine rings is 1. The molecule has 1 fully saturated rings. The summed E-state index contributed by atoms with van der Waals surface area (Å²) in [5, 5.41) is 10.8. The molecule has 5 rings (SSSR count). The Morgan fingerprint density at radius 2 is 1.77 bits per heavy atom. The van der Waals surface area contributed by atoms with E-state index < -0.39 is 6.10 Å². The van der Waals surface area contributed by atoms with E-state index in [0.29, 0.717) is 49.7 Å². The Bertz CT molecular complexity index is 1080. The predicted octanol–water partition coefficient (Wildman–Crippen LogP) is 1.33. The summed E-state index contributed by atoms with van der Waals surface area (Å²) in [7, 11) is 2.05. The lowest BCUT2D eigenvalue weighted by Gasteiger charge is -2.32. The molecule has 1 saturated heterocycles. The third kappa shape index (κ3) is 5.34. The summed E-state index contributed by atoms with van der Waals surface area (Å²) in [4.78, 5) is 34.2. The number of carbonyl (C=O) groups excluding carboxylic acids is 2. The Balaban J connectivity index is 1.21. The maximum absolute atomic E-state index is 13.3. The van der Waals surface area contributed by atoms with Gasteiger partial charge in [-0.1, -0.05) is 24.3 Å². The molecule has 0 spiro atoms. The summed E-state index contributed by atoms with van der Waals surface area (Å²) in [5.41, 5.74) is 3.66. The topological polar surface area (TPSA) is 76.6 Å². The minimum atomic E-state index is -0.649. The molecule has 2 aromatic carbocycles. The first-order valence-electron chi connectivity index (χ1n) is 12.5. The van der Waals surface area contributed by atoms with Gasteiger partial charge in [-0.15, -0.1) is 0 Å². The van der Waals surface area contributed by atoms with Crippen LogP contribution in [0, 0.1) is 0 Å². The number of nitrogens with zero attached hydrogens (tertiary/aromatic N) is 4. The second kappa shape index (κ2) is 10.4. The fraction of sp³-hybridized carbons (Fsp3) is 0.481. The Kier molecular flexibility index (Phi) is 7.04. The zero-order valence-electron chi connectivity index (χ0n) is 20.4. The van der Waals surface area contributed by atoms with Gasteiger partial charge in [0.2, 0.25) is 0 Å². The minimum absolute atomic E-state index is 0.0309. The molecular formula is C27H34N4O4. The second-order valence-corrected chi connectivity index (χ2v) is 9.81. The van der Waals surface area contributed by atoms with Crippen LogP contribution in [0.5, 0.6) is 5.75 Å². The van der Waals surface area contributed by atoms with Crippen molar-refractivity contribution in [1.29, 1.82) is 0 Å². The highest BCUT2D eigenvalue weighted by atomic mass is 16.5. The molecule has 0 aliphatic carbocycles. The van der Waals surface area contributed by atoms with E-state index in [-0.39, 0.29) is 18.4 Å². The monoisotopic (exact) mass is 478 g/mol. The lowest BCUT2D eigenvalue weighted by Crippen LogP contribution is -2.47. The Morgan fingerprint density at radius 3 is 2.57 bits per heavy atom. The van der Waals surface area contributed by atoms with Gasteiger partial charge in [0, 0.05) is 57.9 Å². The molecule has 0 radical (unpaired) electrons. The maximum atomic E-state index is 13.3. The predicted molar refractivity (Wildman–Crippen MR) is 133 cm³/mol. The number of hydrogen-bond donors (Lipinski definition) is 1. The lowest BCUT2D eigenvalue weighted by molar-refractivity contribution is 0.0501. The standard InChI is InChI=1S/C27H34N4O4/c1-28-10-12-30(13-11-28)26(33)21-6-7-24-25(16-21)35-15-14-31(27(24)34)19-23(32)18-29-9-8-20-4-2-3-5-22(20)17-29/h2-7,16,23,32H,8-15,17-19H2,1H3. The molecule has 3 aliphatic heterocycles. The van der Waals surface area contributed by atoms with Crippen molar-refractivity contribution in [2.45, 2.75) is 19.1 Å². The van der Waals surface area contributed by atoms with Crippen LogP contribution in [-0.4, -0.2) is 109 Å². The first-order chi connectivity index (χ1) is 17.0. The zero-order valence-corrected chi connectivity index (χ0v) is 20.4. The third-order valence-electron chi connectivity index (χ3n) is 7.27. The van der Waals surface area contributed by atoms with Crippen LogP contribution in [0.15, 0.2) is 42.5 Å². The molecule has 1 unspecified atom stereocenters. The molecule has 0 bridgehead atoms. The van der Waals surface area contributed by atoms with Gasteiger partial charge in [0.25, 0.3) is 11.8 Å². The molecule has 3 heterocycles. The quantitative estimate of drug-likeness (QED) is 0.699. The van der Waals surface area contributed by atoms with E-state index in [1.807, 2.05) is 4.90 Å². The SMILES string of the molecule is CN1CCN(C(=O)c2ccc3c(c2)OCCN(CC(O)CN2CCc4ccccc4C2)C3=O)CC1. The molecule has 0 aromatic heterocycles. The van der Waals surface area contributed by atoms with Crippen molar-refractivity contribution < 1.29 is 19.4 Å². The van der Waals surface area contributed by atoms with Gasteiger partial charge in [0.05, 0.1) is 18.2 Å². The molecule has 1 N–H and O–H groups in total. The summed E-state index contributed by atoms with van der Waals surface area (Å²) in [6.45, 7) is 6.31. The van der Waals surface area contributed by atoms with Crippen LogP contribution < -0.4 is 4.74 Å². The number of aliphatic hydroxyl groups excluding tert-OH is 1. The Morgan fingerprint density at radius 1 is 1.00 bits per heavy atom. The molecule has 186 valence electrons. The molecule has 8 nitrogen and oxygen atoms in total. The number of carbonyl (C=O) groups is 2. The number of likely N-dealkylation sites (N-methyl/N-ethyl adjacent to an activating group) is 1. The van der Waals surface area contributed by atoms with Crippen LogP contribution in [0.2, 0.25) is 0 Å². The summed E-state index contributed by atoms with van der Waals surface area (Å²) in [6, 6.07) is 13.5. The number of amides is 2. The van der Waals surface area contributed by atoms with Gasteiger partial charge in [-0.25, -0.2) is 0 Å². The second-order valence-electron chi connectivity index (χ2n) is 9.81. The summed E-state index contributed by atoms with van der Waals surface area (Å²) in [5.74, 6) is 0.246. The molecule has 35 heavy (non-hydrogen) atoms. The number of ether oxygens (including phenoxy) is 1. The Hall–Kier alpha value is -2.94. The highest BCUT2D eigenvalue weighted by Gasteiger charge is 2.28. The summed E-state index contributed by atoms with van der Waals surface area (Å²) < 4.78 is 5.88. The van der Waals surface area contributed by atoms with Crippen LogP contribution in [0.25, 0.3) is 0 Å². The van der Waals surface area contributed by atoms with Gasteiger partial charge in [-0.2, -0.15) is 0 Å². The highest BCUT2D eigenvalue weighted by molar-refractivity contribution is 6.00. The van der Waals surface area contributed by atoms with Gasteiger partial charge in [-0.3, -0.25) is 14.5 Å². The molecule has 2 amide bonds. The van der Waals surface area contributed by atoms with Gasteiger partial charge in [0.1, 0.15) is 12.4 Å². The third-order valence-corrected chi connectivity index (χ3v) is 7.27. The van der Waals surface area contributed by atoms with Crippen LogP contribution in [0.1, 0.15) is 31.8 Å². The molecule has 8 heteroatoms. The lowest BCUT2D eigenvalue weighted by atomic mass is 10.00. The number of benzene rings is 2. The van der Waals surface area contributed by atoms with Crippen molar-refractivity contribution in [2.75, 3.05) is 66.0 Å². The maximum Gasteiger partial charge on any atom is 0.257 e. The summed E-state index contributed by atoms with van der Waals surface area (Å²) >= 11 is 0. The van der Waals surface area contributed by atoms with E-state index in [2.05, 4.69) is 41.1 Å². The van der Waals surface area contributed by atoms with Crippen LogP contribution in [0.3, 0.4) is 0 Å². The molecule has 3 aliphatic rings. The zero-order chi connectivity index (χ0) is 24.4. The first kappa shape index (κ1) is 23.8. The normalized spacial score (nSPS) is 20.0. The Labute approximate surface area is 206 Å². The fourth-order valence-electron chi connectivity index (χ4n) is 5.18. The molecular weight excluding hydrogens is 444 g/mol. The average Bonchev–Trinajstić information content (AvgIpc) is 3.02. The largest absolute Gasteiger partial charge is 0.491 e. The van der Waals surface area contributed by atoms with Crippen molar-refractivity contribution in [3.63, 3.8) is 0 Å². The molecule has 2 aromatic rings. The van der Waals surface area contributed by atoms with E-state index in [9.17, 15) is 14.7 Å². The number of β-amino-alcohol motifs (C(OH)–C–C–N with tert-alkyl or cyclic N) is 1. The first-order valence-corrected chi connectivity index (χ1v) is 12.5. The number of rotatable bonds is 5. The van der Waals surface area contributed by atoms with E-state index in [1.165, 1.54) is 11.1 Å².